The van der Waals surface area contributed by atoms with Gasteiger partial charge in [-0.25, -0.2) is 4.79 Å². The summed E-state index contributed by atoms with van der Waals surface area (Å²) in [6.07, 6.45) is 9.70. The van der Waals surface area contributed by atoms with Crippen molar-refractivity contribution in [3.8, 4) is 0 Å². The number of esters is 1. The van der Waals surface area contributed by atoms with E-state index in [0.29, 0.717) is 12.7 Å². The van der Waals surface area contributed by atoms with Crippen LogP contribution in [0.25, 0.3) is 0 Å². The maximum atomic E-state index is 10.7. The highest BCUT2D eigenvalue weighted by Gasteiger charge is 2.12. The first kappa shape index (κ1) is 11.2. The quantitative estimate of drug-likeness (QED) is 0.512. The zero-order chi connectivity index (χ0) is 10.2. The molecule has 0 saturated heterocycles. The minimum atomic E-state index is -0.322. The van der Waals surface area contributed by atoms with Crippen molar-refractivity contribution in [3.63, 3.8) is 0 Å². The fraction of sp³-hybridized carbons (Fsp3) is 0.727. The SMILES string of the molecule is COC(=O)/C=C/COC1CCCCC1. The molecule has 3 nitrogen and oxygen atoms in total. The molecule has 0 bridgehead atoms. The van der Waals surface area contributed by atoms with Crippen molar-refractivity contribution in [2.45, 2.75) is 38.2 Å². The Labute approximate surface area is 85.1 Å². The third kappa shape index (κ3) is 4.42. The number of ether oxygens (including phenoxy) is 2. The van der Waals surface area contributed by atoms with E-state index in [9.17, 15) is 4.79 Å². The van der Waals surface area contributed by atoms with Crippen molar-refractivity contribution in [3.05, 3.63) is 12.2 Å². The standard InChI is InChI=1S/C11H18O3/c1-13-11(12)8-5-9-14-10-6-3-2-4-7-10/h5,8,10H,2-4,6-7,9H2,1H3/b8-5+. The second kappa shape index (κ2) is 6.60. The first-order chi connectivity index (χ1) is 6.83. The highest BCUT2D eigenvalue weighted by molar-refractivity contribution is 5.81. The van der Waals surface area contributed by atoms with Gasteiger partial charge in [0, 0.05) is 6.08 Å². The van der Waals surface area contributed by atoms with E-state index in [1.807, 2.05) is 0 Å². The van der Waals surface area contributed by atoms with Crippen LogP contribution in [0.5, 0.6) is 0 Å². The molecule has 0 aromatic heterocycles. The number of carbonyl (C=O) groups is 1. The molecular weight excluding hydrogens is 180 g/mol. The molecule has 0 N–H and O–H groups in total. The van der Waals surface area contributed by atoms with Crippen LogP contribution < -0.4 is 0 Å². The lowest BCUT2D eigenvalue weighted by Gasteiger charge is -2.21. The Morgan fingerprint density at radius 1 is 1.36 bits per heavy atom. The Bertz CT molecular complexity index is 193. The summed E-state index contributed by atoms with van der Waals surface area (Å²) in [7, 11) is 1.37. The maximum absolute atomic E-state index is 10.7. The van der Waals surface area contributed by atoms with Crippen molar-refractivity contribution >= 4 is 5.97 Å². The van der Waals surface area contributed by atoms with Gasteiger partial charge < -0.3 is 9.47 Å². The zero-order valence-electron chi connectivity index (χ0n) is 8.70. The molecule has 3 heteroatoms. The smallest absolute Gasteiger partial charge is 0.330 e. The van der Waals surface area contributed by atoms with E-state index in [2.05, 4.69) is 4.74 Å². The van der Waals surface area contributed by atoms with Crippen molar-refractivity contribution in [1.29, 1.82) is 0 Å². The van der Waals surface area contributed by atoms with Gasteiger partial charge in [-0.15, -0.1) is 0 Å². The average Bonchev–Trinajstić information content (AvgIpc) is 2.25. The van der Waals surface area contributed by atoms with E-state index in [-0.39, 0.29) is 5.97 Å². The second-order valence-corrected chi connectivity index (χ2v) is 3.52. The van der Waals surface area contributed by atoms with Crippen molar-refractivity contribution in [1.82, 2.24) is 0 Å². The van der Waals surface area contributed by atoms with E-state index < -0.39 is 0 Å². The third-order valence-electron chi connectivity index (χ3n) is 2.44. The molecule has 0 aromatic carbocycles. The van der Waals surface area contributed by atoms with Crippen LogP contribution in [0.1, 0.15) is 32.1 Å². The van der Waals surface area contributed by atoms with Crippen LogP contribution in [0.4, 0.5) is 0 Å². The van der Waals surface area contributed by atoms with Gasteiger partial charge >= 0.3 is 5.97 Å². The zero-order valence-corrected chi connectivity index (χ0v) is 8.70. The maximum Gasteiger partial charge on any atom is 0.330 e. The Morgan fingerprint density at radius 2 is 2.07 bits per heavy atom. The van der Waals surface area contributed by atoms with Gasteiger partial charge in [0.1, 0.15) is 0 Å². The average molecular weight is 198 g/mol. The predicted octanol–water partition coefficient (Wildman–Crippen LogP) is 2.06. The highest BCUT2D eigenvalue weighted by Crippen LogP contribution is 2.19. The molecule has 1 aliphatic rings. The molecule has 1 aliphatic carbocycles. The van der Waals surface area contributed by atoms with E-state index in [1.165, 1.54) is 32.4 Å². The normalized spacial score (nSPS) is 18.6. The van der Waals surface area contributed by atoms with Gasteiger partial charge in [0.05, 0.1) is 19.8 Å². The van der Waals surface area contributed by atoms with Crippen LogP contribution in [0.2, 0.25) is 0 Å². The Hall–Kier alpha value is -0.830. The molecule has 1 saturated carbocycles. The van der Waals surface area contributed by atoms with Crippen molar-refractivity contribution < 1.29 is 14.3 Å². The van der Waals surface area contributed by atoms with E-state index in [1.54, 1.807) is 6.08 Å². The van der Waals surface area contributed by atoms with Crippen LogP contribution in [-0.4, -0.2) is 25.8 Å². The number of hydrogen-bond donors (Lipinski definition) is 0. The van der Waals surface area contributed by atoms with Gasteiger partial charge in [-0.1, -0.05) is 25.3 Å². The lowest BCUT2D eigenvalue weighted by atomic mass is 9.98. The molecule has 0 unspecified atom stereocenters. The molecule has 0 amide bonds. The summed E-state index contributed by atoms with van der Waals surface area (Å²) in [5.41, 5.74) is 0. The van der Waals surface area contributed by atoms with Gasteiger partial charge in [-0.05, 0) is 12.8 Å². The summed E-state index contributed by atoms with van der Waals surface area (Å²) in [4.78, 5) is 10.7. The van der Waals surface area contributed by atoms with Crippen LogP contribution in [0, 0.1) is 0 Å². The van der Waals surface area contributed by atoms with Crippen LogP contribution in [0.3, 0.4) is 0 Å². The molecule has 1 rings (SSSR count). The number of hydrogen-bond acceptors (Lipinski definition) is 3. The molecule has 0 atom stereocenters. The van der Waals surface area contributed by atoms with Gasteiger partial charge in [-0.2, -0.15) is 0 Å². The molecule has 0 aliphatic heterocycles. The summed E-state index contributed by atoms with van der Waals surface area (Å²) in [6.45, 7) is 0.514. The molecule has 0 aromatic rings. The van der Waals surface area contributed by atoms with Crippen molar-refractivity contribution in [2.75, 3.05) is 13.7 Å². The van der Waals surface area contributed by atoms with Crippen LogP contribution in [0.15, 0.2) is 12.2 Å². The fourth-order valence-electron chi connectivity index (χ4n) is 1.64. The Balaban J connectivity index is 2.07. The van der Waals surface area contributed by atoms with Gasteiger partial charge in [0.15, 0.2) is 0 Å². The van der Waals surface area contributed by atoms with Gasteiger partial charge in [0.2, 0.25) is 0 Å². The fourth-order valence-corrected chi connectivity index (χ4v) is 1.64. The lowest BCUT2D eigenvalue weighted by molar-refractivity contribution is -0.134. The first-order valence-electron chi connectivity index (χ1n) is 5.19. The molecule has 1 fully saturated rings. The highest BCUT2D eigenvalue weighted by atomic mass is 16.5. The molecule has 0 spiro atoms. The Kier molecular flexibility index (Phi) is 5.30. The molecule has 80 valence electrons. The first-order valence-corrected chi connectivity index (χ1v) is 5.19. The predicted molar refractivity (Wildman–Crippen MR) is 54.0 cm³/mol. The molecular formula is C11H18O3. The third-order valence-corrected chi connectivity index (χ3v) is 2.44. The summed E-state index contributed by atoms with van der Waals surface area (Å²) in [5, 5.41) is 0. The van der Waals surface area contributed by atoms with Gasteiger partial charge in [-0.3, -0.25) is 0 Å². The minimum Gasteiger partial charge on any atom is -0.466 e. The van der Waals surface area contributed by atoms with Gasteiger partial charge in [0.25, 0.3) is 0 Å². The van der Waals surface area contributed by atoms with E-state index >= 15 is 0 Å². The second-order valence-electron chi connectivity index (χ2n) is 3.52. The van der Waals surface area contributed by atoms with Crippen molar-refractivity contribution in [2.24, 2.45) is 0 Å². The molecule has 0 radical (unpaired) electrons. The van der Waals surface area contributed by atoms with Crippen LogP contribution >= 0.6 is 0 Å². The summed E-state index contributed by atoms with van der Waals surface area (Å²) in [6, 6.07) is 0. The minimum absolute atomic E-state index is 0.322. The monoisotopic (exact) mass is 198 g/mol. The summed E-state index contributed by atoms with van der Waals surface area (Å²) >= 11 is 0. The molecule has 14 heavy (non-hydrogen) atoms. The van der Waals surface area contributed by atoms with E-state index in [4.69, 9.17) is 4.74 Å². The number of rotatable bonds is 4. The lowest BCUT2D eigenvalue weighted by Crippen LogP contribution is -2.16. The Morgan fingerprint density at radius 3 is 2.71 bits per heavy atom. The number of carbonyl (C=O) groups excluding carboxylic acids is 1. The summed E-state index contributed by atoms with van der Waals surface area (Å²) < 4.78 is 10.0. The largest absolute Gasteiger partial charge is 0.466 e. The summed E-state index contributed by atoms with van der Waals surface area (Å²) in [5.74, 6) is -0.322. The van der Waals surface area contributed by atoms with E-state index in [0.717, 1.165) is 12.8 Å². The number of methoxy groups -OCH3 is 1. The molecule has 0 heterocycles. The van der Waals surface area contributed by atoms with Crippen LogP contribution in [-0.2, 0) is 14.3 Å². The topological polar surface area (TPSA) is 35.5 Å².